The minimum atomic E-state index is -4.63. The molecule has 6 aromatic rings. The molecule has 0 fully saturated rings. The van der Waals surface area contributed by atoms with Crippen LogP contribution in [0.1, 0.15) is 25.8 Å². The summed E-state index contributed by atoms with van der Waals surface area (Å²) in [5.74, 6) is 0.00398. The number of rotatable bonds is 16. The van der Waals surface area contributed by atoms with Crippen LogP contribution in [0.25, 0.3) is 44.7 Å². The molecule has 4 heterocycles. The van der Waals surface area contributed by atoms with Crippen LogP contribution in [-0.4, -0.2) is 107 Å². The van der Waals surface area contributed by atoms with E-state index in [1.165, 1.54) is 24.4 Å². The molecule has 65 heavy (non-hydrogen) atoms. The fourth-order valence-electron chi connectivity index (χ4n) is 6.48. The number of nitrogens with zero attached hydrogens (tertiary/aromatic N) is 8. The zero-order chi connectivity index (χ0) is 47.5. The van der Waals surface area contributed by atoms with Crippen LogP contribution in [0.5, 0.6) is 0 Å². The summed E-state index contributed by atoms with van der Waals surface area (Å²) in [6.45, 7) is 3.74. The average molecular weight is 973 g/mol. The van der Waals surface area contributed by atoms with Crippen molar-refractivity contribution in [3.05, 3.63) is 66.4 Å². The Morgan fingerprint density at radius 1 is 0.800 bits per heavy atom. The van der Waals surface area contributed by atoms with E-state index < -0.39 is 65.7 Å². The molecule has 1 unspecified atom stereocenters. The van der Waals surface area contributed by atoms with Gasteiger partial charge >= 0.3 is 0 Å². The van der Waals surface area contributed by atoms with Gasteiger partial charge in [0.05, 0.1) is 22.2 Å². The first-order valence-electron chi connectivity index (χ1n) is 19.1. The van der Waals surface area contributed by atoms with Gasteiger partial charge in [-0.15, -0.1) is 15.3 Å². The summed E-state index contributed by atoms with van der Waals surface area (Å²) in [6, 6.07) is 12.8. The highest BCUT2D eigenvalue weighted by molar-refractivity contribution is 7.93. The van der Waals surface area contributed by atoms with Crippen LogP contribution in [0.15, 0.2) is 95.6 Å². The lowest BCUT2D eigenvalue weighted by Gasteiger charge is -2.19. The lowest BCUT2D eigenvalue weighted by molar-refractivity contribution is 0.539. The Hall–Kier alpha value is -6.22. The average Bonchev–Trinajstić information content (AvgIpc) is 4.07. The molecule has 2 atom stereocenters. The van der Waals surface area contributed by atoms with Crippen molar-refractivity contribution in [2.45, 2.75) is 45.9 Å². The lowest BCUT2D eigenvalue weighted by atomic mass is 9.98. The van der Waals surface area contributed by atoms with E-state index in [9.17, 15) is 33.7 Å². The smallest absolute Gasteiger partial charge is 0.242 e. The number of benzene rings is 3. The number of hydrogen-bond donors (Lipinski definition) is 10. The Bertz CT molecular complexity index is 3250. The number of amidine groups is 1. The van der Waals surface area contributed by atoms with Crippen molar-refractivity contribution in [1.29, 1.82) is 0 Å². The van der Waals surface area contributed by atoms with E-state index in [1.54, 1.807) is 38.1 Å². The van der Waals surface area contributed by atoms with Gasteiger partial charge in [0.1, 0.15) is 25.4 Å². The van der Waals surface area contributed by atoms with E-state index >= 15 is 0 Å². The van der Waals surface area contributed by atoms with Gasteiger partial charge in [0.2, 0.25) is 45.9 Å². The van der Waals surface area contributed by atoms with E-state index in [1.807, 2.05) is 0 Å². The fraction of sp³-hybridized carbons (Fsp3) is 0.257. The molecule has 3 aromatic carbocycles. The van der Waals surface area contributed by atoms with Gasteiger partial charge in [-0.2, -0.15) is 10.3 Å². The van der Waals surface area contributed by atoms with Gasteiger partial charge in [-0.25, -0.2) is 68.4 Å². The second-order valence-corrected chi connectivity index (χ2v) is 20.7. The van der Waals surface area contributed by atoms with E-state index in [2.05, 4.69) is 60.2 Å². The quantitative estimate of drug-likeness (QED) is 0.0594. The summed E-state index contributed by atoms with van der Waals surface area (Å²) >= 11 is 0. The van der Waals surface area contributed by atoms with Gasteiger partial charge in [0.15, 0.2) is 18.5 Å². The third kappa shape index (κ3) is 10.5. The van der Waals surface area contributed by atoms with Crippen molar-refractivity contribution in [2.75, 3.05) is 37.8 Å². The Kier molecular flexibility index (Phi) is 14.2. The van der Waals surface area contributed by atoms with E-state index in [0.717, 1.165) is 12.1 Å². The number of nitrogens with one attached hydrogen (secondary N) is 4. The third-order valence-corrected chi connectivity index (χ3v) is 14.9. The van der Waals surface area contributed by atoms with Crippen molar-refractivity contribution >= 4 is 68.7 Å². The molecular weight excluding hydrogens is 929 g/mol. The number of tetrazole rings is 1. The molecule has 3 aromatic heterocycles. The van der Waals surface area contributed by atoms with Gasteiger partial charge < -0.3 is 27.9 Å². The molecule has 0 saturated heterocycles. The molecule has 0 spiro atoms. The molecule has 0 radical (unpaired) electrons. The molecule has 30 heteroatoms. The van der Waals surface area contributed by atoms with Crippen LogP contribution in [0.2, 0.25) is 0 Å². The lowest BCUT2D eigenvalue weighted by Crippen LogP contribution is -2.40. The second kappa shape index (κ2) is 19.1. The van der Waals surface area contributed by atoms with E-state index in [-0.39, 0.29) is 72.3 Å². The molecule has 0 amide bonds. The Morgan fingerprint density at radius 2 is 1.48 bits per heavy atom. The van der Waals surface area contributed by atoms with Crippen LogP contribution < -0.4 is 42.7 Å². The van der Waals surface area contributed by atoms with Crippen molar-refractivity contribution in [3.63, 3.8) is 0 Å². The van der Waals surface area contributed by atoms with Crippen molar-refractivity contribution in [2.24, 2.45) is 42.9 Å². The van der Waals surface area contributed by atoms with Crippen molar-refractivity contribution in [1.82, 2.24) is 45.0 Å². The maximum atomic E-state index is 13.2. The Morgan fingerprint density at radius 3 is 2.05 bits per heavy atom. The number of nitrogens with two attached hydrogens (primary N) is 6. The summed E-state index contributed by atoms with van der Waals surface area (Å²) in [7, 11) is -17.8. The summed E-state index contributed by atoms with van der Waals surface area (Å²) in [4.78, 5) is 12.8. The molecule has 16 N–H and O–H groups in total. The predicted octanol–water partition coefficient (Wildman–Crippen LogP) is -0.324. The number of imidazole rings is 1. The highest BCUT2D eigenvalue weighted by Gasteiger charge is 2.35. The molecule has 7 rings (SSSR count). The third-order valence-electron chi connectivity index (χ3n) is 9.67. The van der Waals surface area contributed by atoms with E-state index in [0.29, 0.717) is 34.1 Å². The Labute approximate surface area is 372 Å². The van der Waals surface area contributed by atoms with Gasteiger partial charge in [-0.3, -0.25) is 0 Å². The minimum absolute atomic E-state index is 0.0127. The van der Waals surface area contributed by atoms with Crippen molar-refractivity contribution < 1.29 is 33.7 Å². The number of sulfonamides is 4. The number of pyridine rings is 1. The molecule has 346 valence electrons. The largest absolute Gasteiger partial charge is 0.384 e. The van der Waals surface area contributed by atoms with Crippen LogP contribution in [0.3, 0.4) is 0 Å². The Balaban J connectivity index is 0.000000216. The zero-order valence-corrected chi connectivity index (χ0v) is 37.7. The number of azo groups is 1. The number of primary sulfonamides is 2. The number of nitrogen functional groups attached to an aromatic ring is 2. The normalized spacial score (nSPS) is 14.2. The second-order valence-electron chi connectivity index (χ2n) is 14.3. The standard InChI is InChI=1S/C18H22N10O4S2.C17H22N8O4S2/c1-2-9(8-19)26-34(31,32)13-7-6-10(11-4-3-5-12-15(11)23-18(20)22-12)14(16(13)33(21,29)30)17-24-27-28-25-17;1-10(6-18)7-24-31(28,29)13-4-3-12(11-2-5-14(19)21-8-11)15(16(13)30(20,26)27)17-22-9-23-25-17/h3-7,9,26H,2,8,19H2,1H3,(H3,20,22,23)(H2,21,29,30)(H,24,25,27,28);2-5,8,10,24H,6-7,9,18H2,1H3,(H2,19,21)(H2,20,26,27)/t;10-/m.0/s1. The number of hydrogen-bond acceptors (Lipinski definition) is 20. The first-order valence-corrected chi connectivity index (χ1v) is 25.1. The first kappa shape index (κ1) is 48.2. The van der Waals surface area contributed by atoms with Crippen LogP contribution >= 0.6 is 0 Å². The van der Waals surface area contributed by atoms with Gasteiger partial charge in [0, 0.05) is 36.5 Å². The summed E-state index contributed by atoms with van der Waals surface area (Å²) in [5.41, 5.74) is 24.9. The summed E-state index contributed by atoms with van der Waals surface area (Å²) in [6.07, 6.45) is 1.81. The summed E-state index contributed by atoms with van der Waals surface area (Å²) in [5, 5.41) is 32.2. The van der Waals surface area contributed by atoms with Gasteiger partial charge in [-0.1, -0.05) is 38.1 Å². The number of H-pyrrole nitrogens is 2. The van der Waals surface area contributed by atoms with Crippen molar-refractivity contribution in [3.8, 4) is 33.6 Å². The maximum absolute atomic E-state index is 13.2. The number of aliphatic imine (C=N–C) groups is 1. The molecule has 26 nitrogen and oxygen atoms in total. The molecule has 1 aliphatic heterocycles. The highest BCUT2D eigenvalue weighted by atomic mass is 32.2. The minimum Gasteiger partial charge on any atom is -0.384 e. The predicted molar refractivity (Wildman–Crippen MR) is 239 cm³/mol. The van der Waals surface area contributed by atoms with E-state index in [4.69, 9.17) is 33.2 Å². The topological polar surface area (TPSA) is 450 Å². The van der Waals surface area contributed by atoms with Crippen LogP contribution in [0, 0.1) is 5.92 Å². The number of fused-ring (bicyclic) bond motifs is 1. The zero-order valence-electron chi connectivity index (χ0n) is 34.4. The molecule has 1 aliphatic rings. The first-order chi connectivity index (χ1) is 30.6. The molecule has 0 saturated carbocycles. The number of aromatic nitrogens is 7. The van der Waals surface area contributed by atoms with Gasteiger partial charge in [-0.05, 0) is 65.6 Å². The number of anilines is 2. The van der Waals surface area contributed by atoms with Crippen LogP contribution in [0.4, 0.5) is 11.8 Å². The maximum Gasteiger partial charge on any atom is 0.242 e. The highest BCUT2D eigenvalue weighted by Crippen LogP contribution is 2.41. The monoisotopic (exact) mass is 972 g/mol. The number of aromatic amines is 2. The number of para-hydroxylation sites is 1. The SMILES string of the molecule is CCC(CN)NS(=O)(=O)c1ccc(-c2cccc3[nH]c(N)nc23)c(-c2nn[nH]n2)c1S(N)(=O)=O.C[C@@H](CN)CNS(=O)(=O)c1ccc(-c2ccc(N)nc2)c(C2=NCN=N2)c1S(N)(=O)=O. The summed E-state index contributed by atoms with van der Waals surface area (Å²) < 4.78 is 108. The fourth-order valence-corrected chi connectivity index (χ4v) is 12.2. The molecule has 0 aliphatic carbocycles. The molecule has 0 bridgehead atoms. The van der Waals surface area contributed by atoms with Gasteiger partial charge in [0.25, 0.3) is 0 Å². The molecular formula is C35H44N18O8S4. The van der Waals surface area contributed by atoms with Crippen LogP contribution in [-0.2, 0) is 40.1 Å².